The third-order valence-electron chi connectivity index (χ3n) is 6.04. The molecule has 2 saturated heterocycles. The second kappa shape index (κ2) is 6.96. The summed E-state index contributed by atoms with van der Waals surface area (Å²) < 4.78 is 2.73. The molecule has 2 unspecified atom stereocenters. The summed E-state index contributed by atoms with van der Waals surface area (Å²) in [7, 11) is 7.19. The van der Waals surface area contributed by atoms with Gasteiger partial charge in [0.1, 0.15) is 5.82 Å². The first kappa shape index (κ1) is 18.5. The molecule has 2 aliphatic heterocycles. The Morgan fingerprint density at radius 2 is 1.75 bits per heavy atom. The fraction of sp³-hybridized carbons (Fsp3) is 0.579. The van der Waals surface area contributed by atoms with Gasteiger partial charge in [-0.05, 0) is 18.8 Å². The summed E-state index contributed by atoms with van der Waals surface area (Å²) in [4.78, 5) is 40.2. The van der Waals surface area contributed by atoms with Gasteiger partial charge in [0.05, 0.1) is 6.04 Å². The van der Waals surface area contributed by atoms with Crippen molar-refractivity contribution >= 4 is 17.5 Å². The van der Waals surface area contributed by atoms with Crippen LogP contribution in [0.25, 0.3) is 0 Å². The largest absolute Gasteiger partial charge is 0.360 e. The minimum atomic E-state index is -0.289. The Hall–Kier alpha value is -2.84. The Balaban J connectivity index is 1.67. The van der Waals surface area contributed by atoms with Gasteiger partial charge in [0.15, 0.2) is 11.6 Å². The molecular weight excluding hydrogens is 358 g/mol. The van der Waals surface area contributed by atoms with Crippen LogP contribution in [0.1, 0.15) is 12.8 Å². The number of fused-ring (bicyclic) bond motifs is 1. The molecule has 2 aliphatic rings. The Morgan fingerprint density at radius 3 is 2.50 bits per heavy atom. The SMILES string of the molecule is CN(C)c1nccnc1N1CCC2CCN(c3cc(=O)n(C)c(=O)n3C)C2C1. The maximum atomic E-state index is 12.4. The van der Waals surface area contributed by atoms with Crippen LogP contribution >= 0.6 is 0 Å². The lowest BCUT2D eigenvalue weighted by Crippen LogP contribution is -2.50. The summed E-state index contributed by atoms with van der Waals surface area (Å²) in [5.74, 6) is 2.99. The van der Waals surface area contributed by atoms with Gasteiger partial charge in [-0.1, -0.05) is 0 Å². The molecular formula is C19H27N7O2. The minimum absolute atomic E-state index is 0.239. The zero-order valence-corrected chi connectivity index (χ0v) is 16.9. The average Bonchev–Trinajstić information content (AvgIpc) is 3.12. The van der Waals surface area contributed by atoms with E-state index in [9.17, 15) is 9.59 Å². The van der Waals surface area contributed by atoms with Gasteiger partial charge in [0.25, 0.3) is 5.56 Å². The van der Waals surface area contributed by atoms with Crippen LogP contribution in [0, 0.1) is 5.92 Å². The third-order valence-corrected chi connectivity index (χ3v) is 6.04. The molecule has 0 saturated carbocycles. The lowest BCUT2D eigenvalue weighted by Gasteiger charge is -2.40. The van der Waals surface area contributed by atoms with E-state index in [1.807, 2.05) is 19.0 Å². The quantitative estimate of drug-likeness (QED) is 0.738. The van der Waals surface area contributed by atoms with E-state index in [0.717, 1.165) is 48.7 Å². The van der Waals surface area contributed by atoms with E-state index in [2.05, 4.69) is 19.8 Å². The zero-order chi connectivity index (χ0) is 20.0. The summed E-state index contributed by atoms with van der Waals surface area (Å²) in [6.45, 7) is 2.59. The summed E-state index contributed by atoms with van der Waals surface area (Å²) >= 11 is 0. The van der Waals surface area contributed by atoms with Crippen LogP contribution < -0.4 is 25.9 Å². The van der Waals surface area contributed by atoms with E-state index < -0.39 is 0 Å². The molecule has 0 aromatic carbocycles. The number of anilines is 3. The molecule has 0 bridgehead atoms. The van der Waals surface area contributed by atoms with Crippen LogP contribution in [-0.4, -0.2) is 58.9 Å². The third kappa shape index (κ3) is 2.94. The van der Waals surface area contributed by atoms with E-state index in [-0.39, 0.29) is 17.3 Å². The van der Waals surface area contributed by atoms with Gasteiger partial charge in [-0.15, -0.1) is 0 Å². The molecule has 4 rings (SSSR count). The van der Waals surface area contributed by atoms with Gasteiger partial charge < -0.3 is 14.7 Å². The monoisotopic (exact) mass is 385 g/mol. The highest BCUT2D eigenvalue weighted by molar-refractivity contribution is 5.62. The molecule has 0 N–H and O–H groups in total. The molecule has 0 amide bonds. The van der Waals surface area contributed by atoms with E-state index in [0.29, 0.717) is 11.7 Å². The molecule has 0 radical (unpaired) electrons. The van der Waals surface area contributed by atoms with Crippen LogP contribution in [0.4, 0.5) is 17.5 Å². The molecule has 9 nitrogen and oxygen atoms in total. The maximum Gasteiger partial charge on any atom is 0.332 e. The van der Waals surface area contributed by atoms with Crippen LogP contribution in [-0.2, 0) is 14.1 Å². The average molecular weight is 385 g/mol. The van der Waals surface area contributed by atoms with Crippen molar-refractivity contribution in [2.24, 2.45) is 20.0 Å². The number of nitrogens with zero attached hydrogens (tertiary/aromatic N) is 7. The number of hydrogen-bond acceptors (Lipinski definition) is 7. The fourth-order valence-corrected chi connectivity index (χ4v) is 4.48. The first-order valence-electron chi connectivity index (χ1n) is 9.65. The van der Waals surface area contributed by atoms with E-state index >= 15 is 0 Å². The first-order chi connectivity index (χ1) is 13.4. The van der Waals surface area contributed by atoms with Crippen molar-refractivity contribution in [2.45, 2.75) is 18.9 Å². The summed E-state index contributed by atoms with van der Waals surface area (Å²) in [5.41, 5.74) is -0.555. The highest BCUT2D eigenvalue weighted by Crippen LogP contribution is 2.36. The van der Waals surface area contributed by atoms with E-state index in [4.69, 9.17) is 0 Å². The van der Waals surface area contributed by atoms with Gasteiger partial charge in [-0.2, -0.15) is 0 Å². The number of aromatic nitrogens is 4. The predicted molar refractivity (Wildman–Crippen MR) is 109 cm³/mol. The van der Waals surface area contributed by atoms with Crippen molar-refractivity contribution in [3.8, 4) is 0 Å². The molecule has 2 atom stereocenters. The molecule has 28 heavy (non-hydrogen) atoms. The highest BCUT2D eigenvalue weighted by atomic mass is 16.2. The summed E-state index contributed by atoms with van der Waals surface area (Å²) in [5, 5.41) is 0. The second-order valence-corrected chi connectivity index (χ2v) is 7.88. The fourth-order valence-electron chi connectivity index (χ4n) is 4.48. The van der Waals surface area contributed by atoms with Crippen LogP contribution in [0.5, 0.6) is 0 Å². The van der Waals surface area contributed by atoms with Crippen molar-refractivity contribution in [3.63, 3.8) is 0 Å². The molecule has 2 aromatic heterocycles. The first-order valence-corrected chi connectivity index (χ1v) is 9.65. The van der Waals surface area contributed by atoms with E-state index in [1.165, 1.54) is 7.05 Å². The Bertz CT molecular complexity index is 997. The van der Waals surface area contributed by atoms with Crippen molar-refractivity contribution in [1.82, 2.24) is 19.1 Å². The second-order valence-electron chi connectivity index (χ2n) is 7.88. The van der Waals surface area contributed by atoms with Crippen molar-refractivity contribution in [2.75, 3.05) is 48.4 Å². The molecule has 2 fully saturated rings. The van der Waals surface area contributed by atoms with E-state index in [1.54, 1.807) is 30.1 Å². The predicted octanol–water partition coefficient (Wildman–Crippen LogP) is 0.0452. The van der Waals surface area contributed by atoms with Gasteiger partial charge in [-0.25, -0.2) is 14.8 Å². The number of piperidine rings is 1. The molecule has 0 spiro atoms. The van der Waals surface area contributed by atoms with Crippen molar-refractivity contribution < 1.29 is 0 Å². The lowest BCUT2D eigenvalue weighted by atomic mass is 9.92. The Kier molecular flexibility index (Phi) is 4.60. The number of rotatable bonds is 3. The molecule has 9 heteroatoms. The molecule has 2 aromatic rings. The van der Waals surface area contributed by atoms with Crippen LogP contribution in [0.3, 0.4) is 0 Å². The Labute approximate surface area is 163 Å². The van der Waals surface area contributed by atoms with Gasteiger partial charge in [0, 0.05) is 66.3 Å². The molecule has 0 aliphatic carbocycles. The minimum Gasteiger partial charge on any atom is -0.360 e. The smallest absolute Gasteiger partial charge is 0.332 e. The summed E-state index contributed by atoms with van der Waals surface area (Å²) in [6.07, 6.45) is 5.57. The molecule has 4 heterocycles. The normalized spacial score (nSPS) is 21.7. The zero-order valence-electron chi connectivity index (χ0n) is 16.9. The van der Waals surface area contributed by atoms with Crippen LogP contribution in [0.2, 0.25) is 0 Å². The maximum absolute atomic E-state index is 12.4. The summed E-state index contributed by atoms with van der Waals surface area (Å²) in [6, 6.07) is 1.82. The Morgan fingerprint density at radius 1 is 1.04 bits per heavy atom. The highest BCUT2D eigenvalue weighted by Gasteiger charge is 2.40. The van der Waals surface area contributed by atoms with Crippen molar-refractivity contribution in [1.29, 1.82) is 0 Å². The van der Waals surface area contributed by atoms with Crippen molar-refractivity contribution in [3.05, 3.63) is 39.3 Å². The van der Waals surface area contributed by atoms with Gasteiger partial charge in [-0.3, -0.25) is 13.9 Å². The standard InChI is InChI=1S/C19H27N7O2/c1-22(2)17-18(21-8-7-20-17)25-9-5-13-6-10-26(14(13)12-25)15-11-16(27)24(4)19(28)23(15)3/h7-8,11,13-14H,5-6,9-10,12H2,1-4H3. The molecule has 150 valence electrons. The van der Waals surface area contributed by atoms with Gasteiger partial charge in [0.2, 0.25) is 0 Å². The number of hydrogen-bond donors (Lipinski definition) is 0. The van der Waals surface area contributed by atoms with Crippen LogP contribution in [0.15, 0.2) is 28.0 Å². The lowest BCUT2D eigenvalue weighted by molar-refractivity contribution is 0.387. The van der Waals surface area contributed by atoms with Gasteiger partial charge >= 0.3 is 5.69 Å². The topological polar surface area (TPSA) is 79.5 Å².